The quantitative estimate of drug-likeness (QED) is 0.0849. The van der Waals surface area contributed by atoms with Crippen LogP contribution in [0.1, 0.15) is 85.2 Å². The lowest BCUT2D eigenvalue weighted by atomic mass is 9.97. The van der Waals surface area contributed by atoms with Gasteiger partial charge in [0.1, 0.15) is 11.4 Å². The number of benzene rings is 2. The van der Waals surface area contributed by atoms with Crippen molar-refractivity contribution in [3.05, 3.63) is 58.7 Å². The predicted molar refractivity (Wildman–Crippen MR) is 170 cm³/mol. The number of hydrogen-bond donors (Lipinski definition) is 2. The number of Topliss-reactive ketones (excluding diaryl/α,β-unsaturated/α-hetero) is 2. The van der Waals surface area contributed by atoms with Crippen LogP contribution in [0.25, 0.3) is 11.1 Å². The van der Waals surface area contributed by atoms with Gasteiger partial charge in [0.15, 0.2) is 0 Å². The van der Waals surface area contributed by atoms with Crippen molar-refractivity contribution in [2.24, 2.45) is 10.3 Å². The van der Waals surface area contributed by atoms with Gasteiger partial charge >= 0.3 is 0 Å². The summed E-state index contributed by atoms with van der Waals surface area (Å²) in [4.78, 5) is 30.7. The van der Waals surface area contributed by atoms with E-state index in [1.54, 1.807) is 12.1 Å². The minimum absolute atomic E-state index is 0. The van der Waals surface area contributed by atoms with Crippen LogP contribution in [0.5, 0.6) is 0 Å². The highest BCUT2D eigenvalue weighted by molar-refractivity contribution is 6.46. The molecular weight excluding hydrogens is 563 g/mol. The van der Waals surface area contributed by atoms with Crippen molar-refractivity contribution < 1.29 is 20.0 Å². The van der Waals surface area contributed by atoms with E-state index >= 15 is 0 Å². The van der Waals surface area contributed by atoms with Gasteiger partial charge < -0.3 is 20.2 Å². The van der Waals surface area contributed by atoms with E-state index in [1.807, 2.05) is 24.3 Å². The second kappa shape index (κ2) is 17.9. The molecule has 1 aliphatic rings. The monoisotopic (exact) mass is 606 g/mol. The van der Waals surface area contributed by atoms with Crippen LogP contribution in [0.2, 0.25) is 0 Å². The van der Waals surface area contributed by atoms with Gasteiger partial charge in [-0.05, 0) is 106 Å². The highest BCUT2D eigenvalue weighted by Gasteiger charge is 2.24. The number of rotatable bonds is 16. The zero-order valence-electron chi connectivity index (χ0n) is 24.6. The number of carbonyl (C=O) groups is 2. The average Bonchev–Trinajstić information content (AvgIpc) is 3.34. The first kappa shape index (κ1) is 36.2. The Labute approximate surface area is 256 Å². The molecule has 0 radical (unpaired) electrons. The zero-order chi connectivity index (χ0) is 28.4. The zero-order valence-corrected chi connectivity index (χ0v) is 26.2. The van der Waals surface area contributed by atoms with Gasteiger partial charge in [0, 0.05) is 11.1 Å². The standard InChI is InChI=1S/C31H42N4O4.2ClH/c1-5-34(6-2)17-9-11-28(32-38)30(36)22-13-15-26-24(19-22)21-25-20-23(14-16-27(25)26)31(37)29(33-39)12-10-18-35(7-3)8-4;;/h13-16,19-20,38-39H,5-12,17-18,21H2,1-4H3;2*1H/b32-28-,33-29-;;. The van der Waals surface area contributed by atoms with Gasteiger partial charge in [-0.15, -0.1) is 24.8 Å². The number of hydrogen-bond acceptors (Lipinski definition) is 8. The van der Waals surface area contributed by atoms with Crippen molar-refractivity contribution in [2.75, 3.05) is 39.3 Å². The maximum Gasteiger partial charge on any atom is 0.210 e. The van der Waals surface area contributed by atoms with Gasteiger partial charge in [-0.3, -0.25) is 9.59 Å². The number of nitrogens with zero attached hydrogens (tertiary/aromatic N) is 4. The van der Waals surface area contributed by atoms with Crippen LogP contribution in [-0.2, 0) is 6.42 Å². The summed E-state index contributed by atoms with van der Waals surface area (Å²) in [5.74, 6) is -0.527. The molecule has 0 spiro atoms. The Kier molecular flexibility index (Phi) is 15.8. The molecule has 226 valence electrons. The van der Waals surface area contributed by atoms with Crippen molar-refractivity contribution in [1.82, 2.24) is 9.80 Å². The molecule has 0 aliphatic heterocycles. The molecule has 0 unspecified atom stereocenters. The summed E-state index contributed by atoms with van der Waals surface area (Å²) < 4.78 is 0. The molecule has 3 rings (SSSR count). The second-order valence-electron chi connectivity index (χ2n) is 9.93. The van der Waals surface area contributed by atoms with Crippen LogP contribution in [0.3, 0.4) is 0 Å². The topological polar surface area (TPSA) is 106 Å². The molecule has 0 fully saturated rings. The van der Waals surface area contributed by atoms with E-state index in [9.17, 15) is 20.0 Å². The maximum absolute atomic E-state index is 13.1. The molecule has 8 nitrogen and oxygen atoms in total. The Bertz CT molecular complexity index is 1130. The highest BCUT2D eigenvalue weighted by atomic mass is 35.5. The SMILES string of the molecule is CCN(CC)CCC/C(=N/O)C(=O)c1ccc2c(c1)Cc1cc(C(=O)/C(CCCN(CC)CC)=N\O)ccc1-2.Cl.Cl. The lowest BCUT2D eigenvalue weighted by Gasteiger charge is -2.17. The van der Waals surface area contributed by atoms with E-state index in [0.717, 1.165) is 74.4 Å². The molecule has 0 saturated heterocycles. The van der Waals surface area contributed by atoms with E-state index < -0.39 is 0 Å². The van der Waals surface area contributed by atoms with Crippen LogP contribution in [0.15, 0.2) is 46.7 Å². The summed E-state index contributed by atoms with van der Waals surface area (Å²) in [5.41, 5.74) is 5.38. The first-order valence-electron chi connectivity index (χ1n) is 14.1. The van der Waals surface area contributed by atoms with Gasteiger partial charge in [0.2, 0.25) is 11.6 Å². The van der Waals surface area contributed by atoms with Gasteiger partial charge in [0.25, 0.3) is 0 Å². The number of carbonyl (C=O) groups excluding carboxylic acids is 2. The Hall–Kier alpha value is -2.78. The largest absolute Gasteiger partial charge is 0.411 e. The fourth-order valence-electron chi connectivity index (χ4n) is 5.26. The summed E-state index contributed by atoms with van der Waals surface area (Å²) in [6, 6.07) is 11.1. The summed E-state index contributed by atoms with van der Waals surface area (Å²) in [6.45, 7) is 13.9. The number of ketones is 2. The van der Waals surface area contributed by atoms with E-state index in [4.69, 9.17) is 0 Å². The normalized spacial score (nSPS) is 12.5. The minimum atomic E-state index is -0.264. The third-order valence-electron chi connectivity index (χ3n) is 7.74. The molecule has 0 aromatic heterocycles. The summed E-state index contributed by atoms with van der Waals surface area (Å²) >= 11 is 0. The van der Waals surface area contributed by atoms with Gasteiger partial charge in [-0.2, -0.15) is 0 Å². The molecule has 0 bridgehead atoms. The average molecular weight is 608 g/mol. The summed E-state index contributed by atoms with van der Waals surface area (Å²) in [7, 11) is 0. The summed E-state index contributed by atoms with van der Waals surface area (Å²) in [6.07, 6.45) is 2.91. The van der Waals surface area contributed by atoms with Crippen LogP contribution < -0.4 is 0 Å². The minimum Gasteiger partial charge on any atom is -0.411 e. The summed E-state index contributed by atoms with van der Waals surface area (Å²) in [5, 5.41) is 25.7. The lowest BCUT2D eigenvalue weighted by molar-refractivity contribution is 0.105. The van der Waals surface area contributed by atoms with Crippen molar-refractivity contribution in [2.45, 2.75) is 59.8 Å². The number of fused-ring (bicyclic) bond motifs is 3. The van der Waals surface area contributed by atoms with E-state index in [-0.39, 0.29) is 47.8 Å². The van der Waals surface area contributed by atoms with Crippen LogP contribution in [-0.4, -0.2) is 82.5 Å². The fraction of sp³-hybridized carbons (Fsp3) is 0.484. The smallest absolute Gasteiger partial charge is 0.210 e. The number of oxime groups is 2. The first-order valence-corrected chi connectivity index (χ1v) is 14.1. The Morgan fingerprint density at radius 2 is 1.05 bits per heavy atom. The second-order valence-corrected chi connectivity index (χ2v) is 9.93. The van der Waals surface area contributed by atoms with Crippen LogP contribution >= 0.6 is 24.8 Å². The van der Waals surface area contributed by atoms with E-state index in [0.29, 0.717) is 30.4 Å². The third-order valence-corrected chi connectivity index (χ3v) is 7.74. The van der Waals surface area contributed by atoms with Crippen molar-refractivity contribution in [1.29, 1.82) is 0 Å². The predicted octanol–water partition coefficient (Wildman–Crippen LogP) is 6.37. The molecule has 0 atom stereocenters. The number of halogens is 2. The lowest BCUT2D eigenvalue weighted by Crippen LogP contribution is -2.25. The van der Waals surface area contributed by atoms with Crippen molar-refractivity contribution >= 4 is 47.8 Å². The van der Waals surface area contributed by atoms with E-state index in [2.05, 4.69) is 47.8 Å². The maximum atomic E-state index is 13.1. The molecule has 10 heteroatoms. The van der Waals surface area contributed by atoms with Crippen molar-refractivity contribution in [3.63, 3.8) is 0 Å². The molecule has 2 aromatic rings. The molecule has 41 heavy (non-hydrogen) atoms. The van der Waals surface area contributed by atoms with Crippen LogP contribution in [0, 0.1) is 0 Å². The van der Waals surface area contributed by atoms with Crippen LogP contribution in [0.4, 0.5) is 0 Å². The first-order chi connectivity index (χ1) is 18.9. The fourth-order valence-corrected chi connectivity index (χ4v) is 5.26. The molecule has 2 aromatic carbocycles. The molecule has 0 saturated carbocycles. The molecule has 0 heterocycles. The van der Waals surface area contributed by atoms with E-state index in [1.165, 1.54) is 0 Å². The van der Waals surface area contributed by atoms with Gasteiger partial charge in [0.05, 0.1) is 0 Å². The Morgan fingerprint density at radius 1 is 0.683 bits per heavy atom. The molecule has 2 N–H and O–H groups in total. The highest BCUT2D eigenvalue weighted by Crippen LogP contribution is 2.37. The molecular formula is C31H44Cl2N4O4. The molecule has 1 aliphatic carbocycles. The van der Waals surface area contributed by atoms with Gasteiger partial charge in [-0.1, -0.05) is 62.3 Å². The van der Waals surface area contributed by atoms with Gasteiger partial charge in [-0.25, -0.2) is 0 Å². The third kappa shape index (κ3) is 9.10. The Morgan fingerprint density at radius 3 is 1.37 bits per heavy atom. The Balaban J connectivity index is 0.00000420. The molecule has 0 amide bonds. The van der Waals surface area contributed by atoms with Crippen molar-refractivity contribution in [3.8, 4) is 11.1 Å².